The van der Waals surface area contributed by atoms with Crippen LogP contribution in [0.2, 0.25) is 0 Å². The maximum atomic E-state index is 13.2. The average molecular weight is 519 g/mol. The molecule has 2 N–H and O–H groups in total. The van der Waals surface area contributed by atoms with E-state index in [-0.39, 0.29) is 4.88 Å². The molecule has 1 unspecified atom stereocenters. The lowest BCUT2D eigenvalue weighted by atomic mass is 10.0. The second-order valence-electron chi connectivity index (χ2n) is 8.46. The third-order valence-electron chi connectivity index (χ3n) is 5.51. The summed E-state index contributed by atoms with van der Waals surface area (Å²) in [5, 5.41) is 11.3. The normalized spacial score (nSPS) is 12.8. The van der Waals surface area contributed by atoms with Gasteiger partial charge in [0.15, 0.2) is 5.65 Å². The number of hydrogen-bond acceptors (Lipinski definition) is 7. The molecule has 12 heteroatoms. The first-order valence-electron chi connectivity index (χ1n) is 11.2. The topological polar surface area (TPSA) is 93.4 Å². The Labute approximate surface area is 209 Å². The molecule has 4 heterocycles. The second-order valence-corrected chi connectivity index (χ2v) is 9.37. The lowest BCUT2D eigenvalue weighted by molar-refractivity contribution is -0.162. The van der Waals surface area contributed by atoms with Crippen LogP contribution in [0.15, 0.2) is 48.4 Å². The van der Waals surface area contributed by atoms with E-state index >= 15 is 0 Å². The van der Waals surface area contributed by atoms with Crippen LogP contribution in [0.4, 0.5) is 19.0 Å². The molecule has 0 spiro atoms. The van der Waals surface area contributed by atoms with Crippen molar-refractivity contribution in [3.8, 4) is 22.3 Å². The number of hydrogen-bond donors (Lipinski definition) is 2. The van der Waals surface area contributed by atoms with Crippen LogP contribution in [0.25, 0.3) is 27.9 Å². The van der Waals surface area contributed by atoms with E-state index in [0.717, 1.165) is 28.3 Å². The lowest BCUT2D eigenvalue weighted by Crippen LogP contribution is -2.48. The van der Waals surface area contributed by atoms with Crippen LogP contribution in [0.5, 0.6) is 0 Å². The van der Waals surface area contributed by atoms with E-state index in [9.17, 15) is 18.0 Å². The zero-order valence-electron chi connectivity index (χ0n) is 19.8. The molecule has 36 heavy (non-hydrogen) atoms. The van der Waals surface area contributed by atoms with E-state index in [1.165, 1.54) is 13.8 Å². The lowest BCUT2D eigenvalue weighted by Gasteiger charge is -2.24. The highest BCUT2D eigenvalue weighted by atomic mass is 32.1. The number of pyridine rings is 1. The summed E-state index contributed by atoms with van der Waals surface area (Å²) in [6.45, 7) is 4.07. The number of anilines is 1. The van der Waals surface area contributed by atoms with Crippen LogP contribution in [-0.4, -0.2) is 58.0 Å². The Balaban J connectivity index is 1.52. The number of carbonyl (C=O) groups is 1. The van der Waals surface area contributed by atoms with Gasteiger partial charge in [-0.1, -0.05) is 13.8 Å². The largest absolute Gasteiger partial charge is 0.408 e. The monoisotopic (exact) mass is 518 g/mol. The van der Waals surface area contributed by atoms with Gasteiger partial charge < -0.3 is 15.4 Å². The standard InChI is InChI=1S/C24H25F3N6O2S/c1-14(2)21(24(25,26)27)32-23(34)19-8-16(13-36-19)18-11-31-33-12-17(10-30-22(18)33)15-4-5-20(29-9-15)28-6-7-35-3/h4-5,8-14,21H,6-7H2,1-3H3,(H,28,29)(H,32,34). The van der Waals surface area contributed by atoms with Gasteiger partial charge in [-0.05, 0) is 35.1 Å². The molecule has 4 aromatic rings. The molecule has 0 fully saturated rings. The first-order chi connectivity index (χ1) is 17.2. The average Bonchev–Trinajstić information content (AvgIpc) is 3.49. The van der Waals surface area contributed by atoms with Crippen molar-refractivity contribution in [1.29, 1.82) is 0 Å². The van der Waals surface area contributed by atoms with Crippen molar-refractivity contribution in [3.05, 3.63) is 53.2 Å². The zero-order valence-corrected chi connectivity index (χ0v) is 20.7. The van der Waals surface area contributed by atoms with Crippen LogP contribution < -0.4 is 10.6 Å². The predicted molar refractivity (Wildman–Crippen MR) is 132 cm³/mol. The van der Waals surface area contributed by atoms with E-state index in [2.05, 4.69) is 25.7 Å². The molecule has 190 valence electrons. The van der Waals surface area contributed by atoms with Gasteiger partial charge >= 0.3 is 6.18 Å². The van der Waals surface area contributed by atoms with E-state index in [1.807, 2.05) is 18.3 Å². The second kappa shape index (κ2) is 10.6. The van der Waals surface area contributed by atoms with E-state index < -0.39 is 24.0 Å². The molecule has 0 saturated carbocycles. The fraction of sp³-hybridized carbons (Fsp3) is 0.333. The third kappa shape index (κ3) is 5.65. The minimum atomic E-state index is -4.52. The van der Waals surface area contributed by atoms with E-state index in [4.69, 9.17) is 4.74 Å². The Kier molecular flexibility index (Phi) is 7.55. The summed E-state index contributed by atoms with van der Waals surface area (Å²) in [5.74, 6) is -0.815. The molecule has 8 nitrogen and oxygen atoms in total. The Hall–Kier alpha value is -3.51. The first kappa shape index (κ1) is 25.6. The number of carbonyl (C=O) groups excluding carboxylic acids is 1. The number of aromatic nitrogens is 4. The summed E-state index contributed by atoms with van der Waals surface area (Å²) in [6, 6.07) is 3.42. The number of alkyl halides is 3. The molecule has 0 bridgehead atoms. The summed E-state index contributed by atoms with van der Waals surface area (Å²) in [5.41, 5.74) is 3.55. The number of nitrogens with zero attached hydrogens (tertiary/aromatic N) is 4. The van der Waals surface area contributed by atoms with Gasteiger partial charge in [0.2, 0.25) is 0 Å². The Morgan fingerprint density at radius 2 is 1.92 bits per heavy atom. The highest BCUT2D eigenvalue weighted by Crippen LogP contribution is 2.31. The summed E-state index contributed by atoms with van der Waals surface area (Å²) in [4.78, 5) is 21.6. The summed E-state index contributed by atoms with van der Waals surface area (Å²) in [7, 11) is 1.64. The molecule has 0 aliphatic heterocycles. The predicted octanol–water partition coefficient (Wildman–Crippen LogP) is 4.89. The molecule has 1 atom stereocenters. The van der Waals surface area contributed by atoms with Gasteiger partial charge in [0.1, 0.15) is 11.9 Å². The number of methoxy groups -OCH3 is 1. The van der Waals surface area contributed by atoms with Crippen molar-refractivity contribution < 1.29 is 22.7 Å². The van der Waals surface area contributed by atoms with Gasteiger partial charge in [-0.3, -0.25) is 4.79 Å². The summed E-state index contributed by atoms with van der Waals surface area (Å²) < 4.78 is 46.4. The number of ether oxygens (including phenoxy) is 1. The van der Waals surface area contributed by atoms with Crippen LogP contribution in [0.3, 0.4) is 0 Å². The Morgan fingerprint density at radius 3 is 2.58 bits per heavy atom. The molecule has 0 aliphatic carbocycles. The van der Waals surface area contributed by atoms with Gasteiger partial charge in [-0.2, -0.15) is 18.3 Å². The number of nitrogens with one attached hydrogen (secondary N) is 2. The summed E-state index contributed by atoms with van der Waals surface area (Å²) >= 11 is 1.07. The minimum Gasteiger partial charge on any atom is -0.383 e. The summed E-state index contributed by atoms with van der Waals surface area (Å²) in [6.07, 6.45) is 2.34. The molecule has 0 aliphatic rings. The number of thiophene rings is 1. The molecule has 0 aromatic carbocycles. The minimum absolute atomic E-state index is 0.182. The highest BCUT2D eigenvalue weighted by Gasteiger charge is 2.42. The molecular weight excluding hydrogens is 493 g/mol. The van der Waals surface area contributed by atoms with Crippen LogP contribution in [0.1, 0.15) is 23.5 Å². The van der Waals surface area contributed by atoms with Crippen molar-refractivity contribution in [2.24, 2.45) is 5.92 Å². The zero-order chi connectivity index (χ0) is 25.9. The van der Waals surface area contributed by atoms with Crippen molar-refractivity contribution in [2.45, 2.75) is 26.1 Å². The van der Waals surface area contributed by atoms with Crippen LogP contribution in [0, 0.1) is 5.92 Å². The molecule has 0 saturated heterocycles. The molecule has 0 radical (unpaired) electrons. The Morgan fingerprint density at radius 1 is 1.14 bits per heavy atom. The fourth-order valence-electron chi connectivity index (χ4n) is 3.61. The van der Waals surface area contributed by atoms with Gasteiger partial charge in [0, 0.05) is 48.9 Å². The maximum Gasteiger partial charge on any atom is 0.408 e. The van der Waals surface area contributed by atoms with Crippen molar-refractivity contribution >= 4 is 28.7 Å². The number of fused-ring (bicyclic) bond motifs is 1. The third-order valence-corrected chi connectivity index (χ3v) is 6.43. The van der Waals surface area contributed by atoms with Crippen molar-refractivity contribution in [2.75, 3.05) is 25.6 Å². The number of amides is 1. The Bertz CT molecular complexity index is 1330. The van der Waals surface area contributed by atoms with Crippen molar-refractivity contribution in [1.82, 2.24) is 24.9 Å². The number of halogens is 3. The molecular formula is C24H25F3N6O2S. The molecule has 4 rings (SSSR count). The van der Waals surface area contributed by atoms with Gasteiger partial charge in [-0.25, -0.2) is 14.5 Å². The molecule has 1 amide bonds. The van der Waals surface area contributed by atoms with E-state index in [0.29, 0.717) is 29.9 Å². The highest BCUT2D eigenvalue weighted by molar-refractivity contribution is 7.12. The smallest absolute Gasteiger partial charge is 0.383 e. The van der Waals surface area contributed by atoms with Gasteiger partial charge in [0.05, 0.1) is 17.7 Å². The quantitative estimate of drug-likeness (QED) is 0.307. The SMILES string of the molecule is COCCNc1ccc(-c2cnc3c(-c4csc(C(=O)NC(C(C)C)C(F)(F)F)c4)cnn3c2)cn1. The first-order valence-corrected chi connectivity index (χ1v) is 12.0. The number of rotatable bonds is 9. The fourth-order valence-corrected chi connectivity index (χ4v) is 4.42. The van der Waals surface area contributed by atoms with Gasteiger partial charge in [-0.15, -0.1) is 11.3 Å². The van der Waals surface area contributed by atoms with E-state index in [1.54, 1.807) is 41.7 Å². The van der Waals surface area contributed by atoms with Crippen molar-refractivity contribution in [3.63, 3.8) is 0 Å². The van der Waals surface area contributed by atoms with Gasteiger partial charge in [0.25, 0.3) is 5.91 Å². The van der Waals surface area contributed by atoms with Crippen LogP contribution >= 0.6 is 11.3 Å². The van der Waals surface area contributed by atoms with Crippen LogP contribution in [-0.2, 0) is 4.74 Å². The molecule has 4 aromatic heterocycles. The maximum absolute atomic E-state index is 13.2.